The van der Waals surface area contributed by atoms with Crippen molar-refractivity contribution in [2.45, 2.75) is 4.75 Å². The molecule has 0 radical (unpaired) electrons. The van der Waals surface area contributed by atoms with Crippen molar-refractivity contribution in [2.24, 2.45) is 0 Å². The van der Waals surface area contributed by atoms with Gasteiger partial charge in [-0.25, -0.2) is 0 Å². The van der Waals surface area contributed by atoms with Crippen molar-refractivity contribution in [3.8, 4) is 11.5 Å². The summed E-state index contributed by atoms with van der Waals surface area (Å²) in [4.78, 5) is 0. The molecule has 0 saturated heterocycles. The van der Waals surface area contributed by atoms with Gasteiger partial charge in [-0.2, -0.15) is 8.42 Å². The third-order valence-corrected chi connectivity index (χ3v) is 7.16. The summed E-state index contributed by atoms with van der Waals surface area (Å²) in [5, 5.41) is 20.7. The van der Waals surface area contributed by atoms with Crippen molar-refractivity contribution >= 4 is 56.5 Å². The predicted octanol–water partition coefficient (Wildman–Crippen LogP) is 5.89. The number of hydrogen-bond donors (Lipinski definition) is 3. The van der Waals surface area contributed by atoms with Gasteiger partial charge in [0.05, 0.1) is 10.0 Å². The molecule has 3 aromatic carbocycles. The summed E-state index contributed by atoms with van der Waals surface area (Å²) in [5.74, 6) is -1.16. The van der Waals surface area contributed by atoms with Crippen LogP contribution in [0.2, 0.25) is 20.1 Å². The molecule has 152 valence electrons. The standard InChI is InChI=1S/C19H12Cl4O5S/c20-11-4-1-3-10(9-11)19(29(26,27)28,16-12(21)5-2-6-14(16)24)17-15(25)8-7-13(22)18(17)23/h1-9,24-25H,(H,26,27,28). The van der Waals surface area contributed by atoms with Crippen LogP contribution < -0.4 is 0 Å². The van der Waals surface area contributed by atoms with Crippen molar-refractivity contribution < 1.29 is 23.2 Å². The molecule has 3 aromatic rings. The SMILES string of the molecule is O=S(=O)(O)C(c1cccc(Cl)c1)(c1c(O)cccc1Cl)c1c(O)ccc(Cl)c1Cl. The highest BCUT2D eigenvalue weighted by Crippen LogP contribution is 2.55. The summed E-state index contributed by atoms with van der Waals surface area (Å²) in [6, 6.07) is 11.7. The fourth-order valence-corrected chi connectivity index (χ4v) is 5.70. The zero-order valence-electron chi connectivity index (χ0n) is 14.3. The monoisotopic (exact) mass is 492 g/mol. The van der Waals surface area contributed by atoms with Gasteiger partial charge in [0.2, 0.25) is 0 Å². The minimum atomic E-state index is -5.22. The molecule has 0 heterocycles. The number of phenols is 2. The van der Waals surface area contributed by atoms with Crippen LogP contribution in [0.5, 0.6) is 11.5 Å². The molecule has 0 bridgehead atoms. The Morgan fingerprint density at radius 1 is 0.759 bits per heavy atom. The van der Waals surface area contributed by atoms with Crippen LogP contribution in [0, 0.1) is 0 Å². The van der Waals surface area contributed by atoms with E-state index in [2.05, 4.69) is 0 Å². The van der Waals surface area contributed by atoms with E-state index in [1.807, 2.05) is 0 Å². The van der Waals surface area contributed by atoms with Crippen LogP contribution in [-0.2, 0) is 14.9 Å². The Hall–Kier alpha value is -1.67. The number of aromatic hydroxyl groups is 2. The second-order valence-corrected chi connectivity index (χ2v) is 9.25. The van der Waals surface area contributed by atoms with Gasteiger partial charge in [0, 0.05) is 21.2 Å². The molecule has 1 unspecified atom stereocenters. The Bertz CT molecular complexity index is 1190. The average Bonchev–Trinajstić information content (AvgIpc) is 2.62. The van der Waals surface area contributed by atoms with Crippen molar-refractivity contribution in [1.82, 2.24) is 0 Å². The number of hydrogen-bond acceptors (Lipinski definition) is 4. The maximum Gasteiger partial charge on any atom is 0.283 e. The lowest BCUT2D eigenvalue weighted by molar-refractivity contribution is 0.428. The van der Waals surface area contributed by atoms with E-state index in [9.17, 15) is 23.2 Å². The molecule has 0 saturated carbocycles. The van der Waals surface area contributed by atoms with E-state index in [4.69, 9.17) is 46.4 Å². The summed E-state index contributed by atoms with van der Waals surface area (Å²) in [5.41, 5.74) is -1.04. The van der Waals surface area contributed by atoms with Gasteiger partial charge in [0.25, 0.3) is 10.1 Å². The van der Waals surface area contributed by atoms with E-state index < -0.39 is 37.5 Å². The third-order valence-electron chi connectivity index (χ3n) is 4.39. The number of benzene rings is 3. The van der Waals surface area contributed by atoms with Gasteiger partial charge in [-0.15, -0.1) is 0 Å². The molecule has 0 amide bonds. The predicted molar refractivity (Wildman–Crippen MR) is 114 cm³/mol. The first-order valence-corrected chi connectivity index (χ1v) is 10.9. The minimum absolute atomic E-state index is 0.0962. The van der Waals surface area contributed by atoms with Gasteiger partial charge in [-0.1, -0.05) is 64.6 Å². The number of halogens is 4. The molecule has 5 nitrogen and oxygen atoms in total. The van der Waals surface area contributed by atoms with E-state index in [1.165, 1.54) is 48.5 Å². The lowest BCUT2D eigenvalue weighted by Crippen LogP contribution is -2.39. The fraction of sp³-hybridized carbons (Fsp3) is 0.0526. The van der Waals surface area contributed by atoms with Gasteiger partial charge in [0.15, 0.2) is 4.75 Å². The molecule has 0 fully saturated rings. The molecular formula is C19H12Cl4O5S. The Morgan fingerprint density at radius 2 is 1.38 bits per heavy atom. The highest BCUT2D eigenvalue weighted by atomic mass is 35.5. The zero-order chi connectivity index (χ0) is 21.6. The fourth-order valence-electron chi connectivity index (χ4n) is 3.26. The Balaban J connectivity index is 2.71. The van der Waals surface area contributed by atoms with E-state index in [0.717, 1.165) is 6.07 Å². The molecular weight excluding hydrogens is 482 g/mol. The normalized spacial score (nSPS) is 13.8. The number of phenolic OH excluding ortho intramolecular Hbond substituents is 2. The van der Waals surface area contributed by atoms with Gasteiger partial charge in [-0.05, 0) is 42.0 Å². The molecule has 0 aliphatic carbocycles. The number of rotatable bonds is 4. The summed E-state index contributed by atoms with van der Waals surface area (Å²) in [6.07, 6.45) is 0. The minimum Gasteiger partial charge on any atom is -0.508 e. The highest BCUT2D eigenvalue weighted by Gasteiger charge is 2.54. The molecule has 29 heavy (non-hydrogen) atoms. The zero-order valence-corrected chi connectivity index (χ0v) is 18.1. The lowest BCUT2D eigenvalue weighted by Gasteiger charge is -2.34. The maximum atomic E-state index is 13.0. The topological polar surface area (TPSA) is 94.8 Å². The highest BCUT2D eigenvalue weighted by molar-refractivity contribution is 7.87. The Morgan fingerprint density at radius 3 is 1.97 bits per heavy atom. The van der Waals surface area contributed by atoms with Crippen LogP contribution in [0.3, 0.4) is 0 Å². The summed E-state index contributed by atoms with van der Waals surface area (Å²) < 4.78 is 33.9. The summed E-state index contributed by atoms with van der Waals surface area (Å²) in [7, 11) is -5.22. The second kappa shape index (κ2) is 7.87. The largest absolute Gasteiger partial charge is 0.508 e. The van der Waals surface area contributed by atoms with Crippen molar-refractivity contribution in [2.75, 3.05) is 0 Å². The van der Waals surface area contributed by atoms with Crippen molar-refractivity contribution in [3.63, 3.8) is 0 Å². The molecule has 3 N–H and O–H groups in total. The van der Waals surface area contributed by atoms with Gasteiger partial charge in [-0.3, -0.25) is 4.55 Å². The van der Waals surface area contributed by atoms with Gasteiger partial charge >= 0.3 is 0 Å². The third kappa shape index (κ3) is 3.54. The van der Waals surface area contributed by atoms with Gasteiger partial charge < -0.3 is 10.2 Å². The Kier molecular flexibility index (Phi) is 5.98. The smallest absolute Gasteiger partial charge is 0.283 e. The van der Waals surface area contributed by atoms with Crippen LogP contribution in [0.25, 0.3) is 0 Å². The van der Waals surface area contributed by atoms with Crippen LogP contribution in [0.4, 0.5) is 0 Å². The molecule has 10 heteroatoms. The van der Waals surface area contributed by atoms with Crippen LogP contribution in [0.1, 0.15) is 16.7 Å². The van der Waals surface area contributed by atoms with Crippen LogP contribution in [0.15, 0.2) is 54.6 Å². The molecule has 0 spiro atoms. The van der Waals surface area contributed by atoms with Crippen molar-refractivity contribution in [3.05, 3.63) is 91.4 Å². The molecule has 1 atom stereocenters. The lowest BCUT2D eigenvalue weighted by atomic mass is 9.82. The average molecular weight is 494 g/mol. The van der Waals surface area contributed by atoms with E-state index in [0.29, 0.717) is 0 Å². The Labute approximate surface area is 186 Å². The summed E-state index contributed by atoms with van der Waals surface area (Å²) in [6.45, 7) is 0. The summed E-state index contributed by atoms with van der Waals surface area (Å²) >= 11 is 24.7. The van der Waals surface area contributed by atoms with Gasteiger partial charge in [0.1, 0.15) is 11.5 Å². The molecule has 3 rings (SSSR count). The van der Waals surface area contributed by atoms with E-state index >= 15 is 0 Å². The molecule has 0 aliphatic heterocycles. The molecule has 0 aliphatic rings. The first-order valence-electron chi connectivity index (χ1n) is 7.90. The van der Waals surface area contributed by atoms with Crippen LogP contribution >= 0.6 is 46.4 Å². The first kappa shape index (κ1) is 22.0. The second-order valence-electron chi connectivity index (χ2n) is 6.06. The van der Waals surface area contributed by atoms with Crippen molar-refractivity contribution in [1.29, 1.82) is 0 Å². The van der Waals surface area contributed by atoms with Crippen LogP contribution in [-0.4, -0.2) is 23.2 Å². The first-order chi connectivity index (χ1) is 13.5. The van der Waals surface area contributed by atoms with E-state index in [-0.39, 0.29) is 25.7 Å². The van der Waals surface area contributed by atoms with E-state index in [1.54, 1.807) is 0 Å². The maximum absolute atomic E-state index is 13.0. The quantitative estimate of drug-likeness (QED) is 0.311. The molecule has 0 aromatic heterocycles.